The average molecular weight is 503 g/mol. The zero-order chi connectivity index (χ0) is 17.6. The van der Waals surface area contributed by atoms with E-state index in [0.29, 0.717) is 12.4 Å². The molecule has 0 unspecified atom stereocenters. The van der Waals surface area contributed by atoms with Crippen LogP contribution < -0.4 is 5.32 Å². The molecule has 3 rings (SSSR count). The fraction of sp³-hybridized carbons (Fsp3) is 0.222. The zero-order valence-corrected chi connectivity index (χ0v) is 18.4. The minimum absolute atomic E-state index is 0. The van der Waals surface area contributed by atoms with E-state index in [4.69, 9.17) is 16.0 Å². The number of guanidine groups is 1. The molecule has 138 valence electrons. The molecule has 1 N–H and O–H groups in total. The van der Waals surface area contributed by atoms with Gasteiger partial charge in [0.25, 0.3) is 0 Å². The number of aliphatic imine (C=N–C) groups is 1. The summed E-state index contributed by atoms with van der Waals surface area (Å²) in [5, 5.41) is 3.30. The van der Waals surface area contributed by atoms with Gasteiger partial charge in [-0.25, -0.2) is 4.98 Å². The maximum atomic E-state index is 5.99. The molecular formula is C18H20ClIN4OS. The quantitative estimate of drug-likeness (QED) is 0.307. The highest BCUT2D eigenvalue weighted by Crippen LogP contribution is 2.22. The zero-order valence-electron chi connectivity index (χ0n) is 14.5. The van der Waals surface area contributed by atoms with Crippen molar-refractivity contribution in [3.8, 4) is 11.5 Å². The Balaban J connectivity index is 0.00000243. The molecule has 1 aromatic carbocycles. The molecule has 0 atom stereocenters. The second-order valence-electron chi connectivity index (χ2n) is 5.47. The average Bonchev–Trinajstić information content (AvgIpc) is 3.25. The van der Waals surface area contributed by atoms with E-state index in [9.17, 15) is 0 Å². The summed E-state index contributed by atoms with van der Waals surface area (Å²) in [5.74, 6) is 1.41. The Morgan fingerprint density at radius 2 is 2.04 bits per heavy atom. The van der Waals surface area contributed by atoms with Gasteiger partial charge in [0.2, 0.25) is 5.89 Å². The van der Waals surface area contributed by atoms with E-state index < -0.39 is 0 Å². The first-order valence-corrected chi connectivity index (χ1v) is 9.01. The molecule has 0 fully saturated rings. The minimum atomic E-state index is 0. The lowest BCUT2D eigenvalue weighted by Gasteiger charge is -2.20. The van der Waals surface area contributed by atoms with Gasteiger partial charge in [-0.2, -0.15) is 0 Å². The Labute approximate surface area is 179 Å². The predicted molar refractivity (Wildman–Crippen MR) is 118 cm³/mol. The van der Waals surface area contributed by atoms with Crippen LogP contribution in [0.2, 0.25) is 4.34 Å². The van der Waals surface area contributed by atoms with Crippen molar-refractivity contribution in [2.24, 2.45) is 4.99 Å². The first-order valence-electron chi connectivity index (χ1n) is 7.81. The topological polar surface area (TPSA) is 53.7 Å². The van der Waals surface area contributed by atoms with E-state index in [2.05, 4.69) is 15.3 Å². The molecule has 0 radical (unpaired) electrons. The summed E-state index contributed by atoms with van der Waals surface area (Å²) in [6.07, 6.45) is 1.67. The number of oxazole rings is 1. The van der Waals surface area contributed by atoms with Gasteiger partial charge in [0, 0.05) is 24.5 Å². The van der Waals surface area contributed by atoms with Crippen LogP contribution in [0.4, 0.5) is 0 Å². The van der Waals surface area contributed by atoms with Crippen molar-refractivity contribution in [3.63, 3.8) is 0 Å². The van der Waals surface area contributed by atoms with Gasteiger partial charge in [-0.15, -0.1) is 35.3 Å². The molecule has 3 aromatic rings. The van der Waals surface area contributed by atoms with Crippen LogP contribution in [0.25, 0.3) is 11.5 Å². The van der Waals surface area contributed by atoms with Crippen LogP contribution in [-0.4, -0.2) is 29.9 Å². The molecular weight excluding hydrogens is 483 g/mol. The largest absolute Gasteiger partial charge is 0.444 e. The number of thiophene rings is 1. The molecule has 26 heavy (non-hydrogen) atoms. The first kappa shape index (κ1) is 20.7. The predicted octanol–water partition coefficient (Wildman–Crippen LogP) is 4.88. The molecule has 2 aromatic heterocycles. The molecule has 5 nitrogen and oxygen atoms in total. The Bertz CT molecular complexity index is 850. The summed E-state index contributed by atoms with van der Waals surface area (Å²) in [7, 11) is 3.75. The highest BCUT2D eigenvalue weighted by molar-refractivity contribution is 14.0. The summed E-state index contributed by atoms with van der Waals surface area (Å²) < 4.78 is 6.35. The van der Waals surface area contributed by atoms with Crippen LogP contribution in [0.15, 0.2) is 58.1 Å². The van der Waals surface area contributed by atoms with E-state index in [0.717, 1.165) is 28.1 Å². The summed E-state index contributed by atoms with van der Waals surface area (Å²) in [5.41, 5.74) is 1.79. The molecule has 0 saturated heterocycles. The summed E-state index contributed by atoms with van der Waals surface area (Å²) in [4.78, 5) is 12.1. The van der Waals surface area contributed by atoms with Crippen molar-refractivity contribution in [1.29, 1.82) is 0 Å². The Morgan fingerprint density at radius 1 is 1.27 bits per heavy atom. The van der Waals surface area contributed by atoms with E-state index in [-0.39, 0.29) is 24.0 Å². The van der Waals surface area contributed by atoms with Crippen LogP contribution >= 0.6 is 46.9 Å². The number of rotatable bonds is 5. The highest BCUT2D eigenvalue weighted by Gasteiger charge is 2.10. The number of hydrogen-bond donors (Lipinski definition) is 1. The van der Waals surface area contributed by atoms with Crippen LogP contribution in [0.5, 0.6) is 0 Å². The number of halogens is 2. The lowest BCUT2D eigenvalue weighted by atomic mass is 10.2. The second kappa shape index (κ2) is 9.94. The monoisotopic (exact) mass is 502 g/mol. The van der Waals surface area contributed by atoms with Gasteiger partial charge in [0.1, 0.15) is 6.26 Å². The SMILES string of the molecule is CN=C(NCc1coc(-c2ccccc2)n1)N(C)Cc1ccc(Cl)s1.I. The summed E-state index contributed by atoms with van der Waals surface area (Å²) in [6, 6.07) is 13.8. The molecule has 0 aliphatic rings. The highest BCUT2D eigenvalue weighted by atomic mass is 127. The maximum absolute atomic E-state index is 5.99. The van der Waals surface area contributed by atoms with Gasteiger partial charge in [-0.05, 0) is 24.3 Å². The number of benzene rings is 1. The second-order valence-corrected chi connectivity index (χ2v) is 7.27. The number of nitrogens with zero attached hydrogens (tertiary/aromatic N) is 3. The molecule has 2 heterocycles. The van der Waals surface area contributed by atoms with Crippen LogP contribution in [-0.2, 0) is 13.1 Å². The molecule has 0 bridgehead atoms. The third-order valence-corrected chi connectivity index (χ3v) is 4.81. The first-order chi connectivity index (χ1) is 12.2. The fourth-order valence-electron chi connectivity index (χ4n) is 2.40. The van der Waals surface area contributed by atoms with Gasteiger partial charge >= 0.3 is 0 Å². The van der Waals surface area contributed by atoms with Crippen molar-refractivity contribution in [2.45, 2.75) is 13.1 Å². The van der Waals surface area contributed by atoms with Gasteiger partial charge in [0.05, 0.1) is 23.1 Å². The van der Waals surface area contributed by atoms with E-state index in [1.165, 1.54) is 4.88 Å². The van der Waals surface area contributed by atoms with Crippen molar-refractivity contribution in [2.75, 3.05) is 14.1 Å². The van der Waals surface area contributed by atoms with Crippen molar-refractivity contribution < 1.29 is 4.42 Å². The van der Waals surface area contributed by atoms with Gasteiger partial charge in [-0.1, -0.05) is 29.8 Å². The van der Waals surface area contributed by atoms with Crippen molar-refractivity contribution in [3.05, 3.63) is 63.6 Å². The molecule has 0 amide bonds. The number of nitrogens with one attached hydrogen (secondary N) is 1. The third kappa shape index (κ3) is 5.46. The summed E-state index contributed by atoms with van der Waals surface area (Å²) >= 11 is 7.56. The molecule has 0 aliphatic heterocycles. The normalized spacial score (nSPS) is 11.1. The van der Waals surface area contributed by atoms with Gasteiger partial charge in [-0.3, -0.25) is 4.99 Å². The van der Waals surface area contributed by atoms with Gasteiger partial charge < -0.3 is 14.6 Å². The fourth-order valence-corrected chi connectivity index (χ4v) is 3.54. The Kier molecular flexibility index (Phi) is 7.92. The number of aromatic nitrogens is 1. The standard InChI is InChI=1S/C18H19ClN4OS.HI/c1-20-18(23(2)11-15-8-9-16(19)25-15)21-10-14-12-24-17(22-14)13-6-4-3-5-7-13;/h3-9,12H,10-11H2,1-2H3,(H,20,21);1H. The minimum Gasteiger partial charge on any atom is -0.444 e. The Morgan fingerprint density at radius 3 is 2.69 bits per heavy atom. The Hall–Kier alpha value is -1.58. The molecule has 0 saturated carbocycles. The van der Waals surface area contributed by atoms with E-state index in [1.807, 2.05) is 54.4 Å². The molecule has 0 spiro atoms. The third-order valence-electron chi connectivity index (χ3n) is 3.60. The van der Waals surface area contributed by atoms with Crippen LogP contribution in [0, 0.1) is 0 Å². The number of hydrogen-bond acceptors (Lipinski definition) is 4. The van der Waals surface area contributed by atoms with Crippen molar-refractivity contribution >= 4 is 52.9 Å². The van der Waals surface area contributed by atoms with Crippen LogP contribution in [0.3, 0.4) is 0 Å². The lowest BCUT2D eigenvalue weighted by molar-refractivity contribution is 0.480. The smallest absolute Gasteiger partial charge is 0.226 e. The lowest BCUT2D eigenvalue weighted by Crippen LogP contribution is -2.37. The van der Waals surface area contributed by atoms with E-state index in [1.54, 1.807) is 24.6 Å². The van der Waals surface area contributed by atoms with Gasteiger partial charge in [0.15, 0.2) is 5.96 Å². The van der Waals surface area contributed by atoms with E-state index >= 15 is 0 Å². The molecule has 8 heteroatoms. The molecule has 0 aliphatic carbocycles. The van der Waals surface area contributed by atoms with Crippen LogP contribution in [0.1, 0.15) is 10.6 Å². The maximum Gasteiger partial charge on any atom is 0.226 e. The van der Waals surface area contributed by atoms with Crippen molar-refractivity contribution in [1.82, 2.24) is 15.2 Å². The summed E-state index contributed by atoms with van der Waals surface area (Å²) in [6.45, 7) is 1.28.